The molecule has 3 aromatic rings. The molecule has 1 atom stereocenters. The molecule has 0 radical (unpaired) electrons. The molecule has 0 saturated carbocycles. The largest absolute Gasteiger partial charge is 0.328 e. The number of carbonyl (C=O) groups is 1. The lowest BCUT2D eigenvalue weighted by Gasteiger charge is -2.28. The zero-order valence-corrected chi connectivity index (χ0v) is 19.9. The quantitative estimate of drug-likeness (QED) is 0.351. The summed E-state index contributed by atoms with van der Waals surface area (Å²) in [6.45, 7) is 8.20. The third-order valence-corrected chi connectivity index (χ3v) is 7.23. The Morgan fingerprint density at radius 1 is 1.29 bits per heavy atom. The van der Waals surface area contributed by atoms with Gasteiger partial charge in [0.1, 0.15) is 6.04 Å². The van der Waals surface area contributed by atoms with Crippen LogP contribution in [0.3, 0.4) is 0 Å². The summed E-state index contributed by atoms with van der Waals surface area (Å²) in [6.07, 6.45) is 2.26. The minimum absolute atomic E-state index is 0.130. The Balaban J connectivity index is 1.71. The Hall–Kier alpha value is -2.58. The number of hydrogen-bond donors (Lipinski definition) is 2. The number of aryl methyl sites for hydroxylation is 2. The Bertz CT molecular complexity index is 1130. The molecule has 1 unspecified atom stereocenters. The van der Waals surface area contributed by atoms with Crippen LogP contribution in [-0.4, -0.2) is 26.4 Å². The molecular weight excluding hydrogens is 426 g/mol. The number of rotatable bonds is 7. The highest BCUT2D eigenvalue weighted by atomic mass is 32.2. The van der Waals surface area contributed by atoms with Gasteiger partial charge in [0.2, 0.25) is 11.1 Å². The molecule has 1 aliphatic heterocycles. The van der Waals surface area contributed by atoms with E-state index in [4.69, 9.17) is 10.1 Å². The maximum atomic E-state index is 13.5. The van der Waals surface area contributed by atoms with Crippen molar-refractivity contribution in [3.8, 4) is 0 Å². The van der Waals surface area contributed by atoms with E-state index in [9.17, 15) is 4.79 Å². The molecule has 3 heterocycles. The van der Waals surface area contributed by atoms with Gasteiger partial charge < -0.3 is 10.6 Å². The number of hydrogen-bond acceptors (Lipinski definition) is 6. The first-order chi connectivity index (χ1) is 15.0. The minimum atomic E-state index is -0.311. The molecule has 1 amide bonds. The van der Waals surface area contributed by atoms with Crippen LogP contribution in [0.15, 0.2) is 52.1 Å². The zero-order valence-electron chi connectivity index (χ0n) is 18.2. The van der Waals surface area contributed by atoms with Crippen LogP contribution in [-0.2, 0) is 4.79 Å². The van der Waals surface area contributed by atoms with E-state index >= 15 is 0 Å². The van der Waals surface area contributed by atoms with Crippen molar-refractivity contribution < 1.29 is 4.79 Å². The highest BCUT2D eigenvalue weighted by Crippen LogP contribution is 2.40. The van der Waals surface area contributed by atoms with Crippen LogP contribution >= 0.6 is 23.1 Å². The first-order valence-electron chi connectivity index (χ1n) is 10.5. The lowest BCUT2D eigenvalue weighted by molar-refractivity contribution is -0.113. The Morgan fingerprint density at radius 3 is 2.84 bits per heavy atom. The number of anilines is 2. The second-order valence-corrected chi connectivity index (χ2v) is 9.73. The van der Waals surface area contributed by atoms with Crippen molar-refractivity contribution >= 4 is 40.6 Å². The van der Waals surface area contributed by atoms with E-state index in [1.54, 1.807) is 23.1 Å². The summed E-state index contributed by atoms with van der Waals surface area (Å²) in [5.74, 6) is 1.53. The van der Waals surface area contributed by atoms with Gasteiger partial charge in [-0.15, -0.1) is 16.4 Å². The van der Waals surface area contributed by atoms with Gasteiger partial charge in [-0.3, -0.25) is 4.79 Å². The van der Waals surface area contributed by atoms with Crippen LogP contribution in [0.1, 0.15) is 48.7 Å². The molecule has 162 valence electrons. The summed E-state index contributed by atoms with van der Waals surface area (Å²) in [4.78, 5) is 19.3. The van der Waals surface area contributed by atoms with Crippen LogP contribution in [0.2, 0.25) is 0 Å². The number of carbonyl (C=O) groups excluding carboxylic acids is 1. The van der Waals surface area contributed by atoms with Gasteiger partial charge in [-0.25, -0.2) is 4.68 Å². The van der Waals surface area contributed by atoms with E-state index in [0.29, 0.717) is 11.5 Å². The predicted molar refractivity (Wildman–Crippen MR) is 129 cm³/mol. The molecule has 1 aromatic carbocycles. The van der Waals surface area contributed by atoms with Crippen molar-refractivity contribution in [1.82, 2.24) is 14.8 Å². The highest BCUT2D eigenvalue weighted by Gasteiger charge is 2.35. The number of unbranched alkanes of at least 4 members (excludes halogenated alkanes) is 1. The normalized spacial score (nSPS) is 15.5. The number of nitrogens with zero attached hydrogens (tertiary/aromatic N) is 3. The van der Waals surface area contributed by atoms with Gasteiger partial charge in [-0.2, -0.15) is 4.98 Å². The molecule has 4 rings (SSSR count). The van der Waals surface area contributed by atoms with Crippen molar-refractivity contribution in [2.45, 2.75) is 51.7 Å². The van der Waals surface area contributed by atoms with E-state index in [0.717, 1.165) is 51.1 Å². The number of thioether (sulfide) groups is 1. The van der Waals surface area contributed by atoms with E-state index in [1.807, 2.05) is 42.8 Å². The monoisotopic (exact) mass is 453 g/mol. The average Bonchev–Trinajstić information content (AvgIpc) is 3.32. The van der Waals surface area contributed by atoms with Crippen molar-refractivity contribution in [2.75, 3.05) is 16.4 Å². The third-order valence-electron chi connectivity index (χ3n) is 5.23. The van der Waals surface area contributed by atoms with Crippen LogP contribution < -0.4 is 10.6 Å². The molecule has 0 spiro atoms. The van der Waals surface area contributed by atoms with Crippen molar-refractivity contribution in [3.63, 3.8) is 0 Å². The molecule has 6 nitrogen and oxygen atoms in total. The Morgan fingerprint density at radius 2 is 2.13 bits per heavy atom. The topological polar surface area (TPSA) is 71.8 Å². The van der Waals surface area contributed by atoms with Crippen molar-refractivity contribution in [2.24, 2.45) is 0 Å². The predicted octanol–water partition coefficient (Wildman–Crippen LogP) is 5.78. The summed E-state index contributed by atoms with van der Waals surface area (Å²) >= 11 is 3.30. The van der Waals surface area contributed by atoms with Crippen LogP contribution in [0, 0.1) is 13.8 Å². The fraction of sp³-hybridized carbons (Fsp3) is 0.348. The lowest BCUT2D eigenvalue weighted by atomic mass is 9.98. The molecule has 2 aromatic heterocycles. The molecule has 1 aliphatic rings. The molecule has 0 saturated heterocycles. The molecule has 8 heteroatoms. The molecular formula is C23H27N5OS2. The van der Waals surface area contributed by atoms with Crippen molar-refractivity contribution in [3.05, 3.63) is 63.0 Å². The number of fused-ring (bicyclic) bond motifs is 1. The summed E-state index contributed by atoms with van der Waals surface area (Å²) < 4.78 is 1.87. The first-order valence-corrected chi connectivity index (χ1v) is 12.3. The summed E-state index contributed by atoms with van der Waals surface area (Å²) in [5, 5.41) is 14.0. The lowest BCUT2D eigenvalue weighted by Crippen LogP contribution is -2.31. The minimum Gasteiger partial charge on any atom is -0.328 e. The van der Waals surface area contributed by atoms with Gasteiger partial charge in [0.15, 0.2) is 0 Å². The smallest absolute Gasteiger partial charge is 0.255 e. The fourth-order valence-electron chi connectivity index (χ4n) is 3.62. The number of aromatic nitrogens is 3. The third kappa shape index (κ3) is 4.55. The van der Waals surface area contributed by atoms with Gasteiger partial charge in [0.05, 0.1) is 5.57 Å². The van der Waals surface area contributed by atoms with Gasteiger partial charge in [0.25, 0.3) is 5.91 Å². The van der Waals surface area contributed by atoms with Gasteiger partial charge >= 0.3 is 0 Å². The summed E-state index contributed by atoms with van der Waals surface area (Å²) in [6, 6.07) is 9.61. The van der Waals surface area contributed by atoms with Crippen molar-refractivity contribution in [1.29, 1.82) is 0 Å². The number of amides is 1. The van der Waals surface area contributed by atoms with E-state index in [1.165, 1.54) is 0 Å². The standard InChI is InChI=1S/C23H27N5OS2/c1-5-6-11-31-23-26-22-24-16(4)18(21(29)25-17-9-7-8-14(2)13-17)19(28(22)27-23)20-15(3)10-12-30-20/h7-10,12-13,19H,5-6,11H2,1-4H3,(H,25,29)(H,24,26,27). The van der Waals surface area contributed by atoms with Crippen LogP contribution in [0.4, 0.5) is 11.6 Å². The number of allylic oxidation sites excluding steroid dienone is 1. The summed E-state index contributed by atoms with van der Waals surface area (Å²) in [7, 11) is 0. The average molecular weight is 454 g/mol. The zero-order chi connectivity index (χ0) is 22.0. The van der Waals surface area contributed by atoms with Crippen LogP contribution in [0.5, 0.6) is 0 Å². The number of nitrogens with one attached hydrogen (secondary N) is 2. The SMILES string of the molecule is CCCCSc1nc2n(n1)C(c1sccc1C)C(C(=O)Nc1cccc(C)c1)=C(C)N2. The second-order valence-electron chi connectivity index (χ2n) is 7.72. The fourth-order valence-corrected chi connectivity index (χ4v) is 5.55. The van der Waals surface area contributed by atoms with E-state index in [2.05, 4.69) is 35.9 Å². The maximum absolute atomic E-state index is 13.5. The number of thiophene rings is 1. The second kappa shape index (κ2) is 9.28. The maximum Gasteiger partial charge on any atom is 0.255 e. The van der Waals surface area contributed by atoms with Gasteiger partial charge in [-0.05, 0) is 61.9 Å². The Labute approximate surface area is 191 Å². The molecule has 31 heavy (non-hydrogen) atoms. The number of benzene rings is 1. The van der Waals surface area contributed by atoms with Gasteiger partial charge in [0, 0.05) is 22.0 Å². The van der Waals surface area contributed by atoms with E-state index in [-0.39, 0.29) is 11.9 Å². The molecule has 0 bridgehead atoms. The first kappa shape index (κ1) is 21.6. The molecule has 0 fully saturated rings. The Kier molecular flexibility index (Phi) is 6.48. The van der Waals surface area contributed by atoms with E-state index < -0.39 is 0 Å². The molecule has 2 N–H and O–H groups in total. The highest BCUT2D eigenvalue weighted by molar-refractivity contribution is 7.99. The van der Waals surface area contributed by atoms with Crippen LogP contribution in [0.25, 0.3) is 0 Å². The summed E-state index contributed by atoms with van der Waals surface area (Å²) in [5.41, 5.74) is 4.49. The molecule has 0 aliphatic carbocycles. The van der Waals surface area contributed by atoms with Gasteiger partial charge in [-0.1, -0.05) is 37.2 Å².